The third kappa shape index (κ3) is 4.21. The van der Waals surface area contributed by atoms with Crippen LogP contribution in [-0.2, 0) is 19.1 Å². The third-order valence-electron chi connectivity index (χ3n) is 5.06. The normalized spacial score (nSPS) is 23.4. The SMILES string of the molecule is CC(C)(C)OC(=O)c1ccc(N2CCC3(CCCC(=O)NC3=O)CC2=O)nc1. The van der Waals surface area contributed by atoms with E-state index in [4.69, 9.17) is 4.74 Å². The Kier molecular flexibility index (Phi) is 5.23. The molecule has 2 fully saturated rings. The van der Waals surface area contributed by atoms with Gasteiger partial charge in [-0.2, -0.15) is 0 Å². The predicted octanol–water partition coefficient (Wildman–Crippen LogP) is 1.98. The number of imide groups is 1. The molecule has 0 aliphatic carbocycles. The van der Waals surface area contributed by atoms with Gasteiger partial charge in [0, 0.05) is 25.6 Å². The van der Waals surface area contributed by atoms with Crippen molar-refractivity contribution >= 4 is 29.5 Å². The number of piperidine rings is 1. The number of nitrogens with zero attached hydrogens (tertiary/aromatic N) is 2. The Morgan fingerprint density at radius 1 is 1.21 bits per heavy atom. The van der Waals surface area contributed by atoms with Gasteiger partial charge in [-0.3, -0.25) is 24.6 Å². The van der Waals surface area contributed by atoms with Gasteiger partial charge in [0.05, 0.1) is 11.0 Å². The van der Waals surface area contributed by atoms with Gasteiger partial charge in [-0.1, -0.05) is 0 Å². The Morgan fingerprint density at radius 3 is 2.57 bits per heavy atom. The van der Waals surface area contributed by atoms with Crippen LogP contribution in [0.5, 0.6) is 0 Å². The lowest BCUT2D eigenvalue weighted by atomic mass is 9.74. The van der Waals surface area contributed by atoms with Crippen molar-refractivity contribution in [3.63, 3.8) is 0 Å². The van der Waals surface area contributed by atoms with Gasteiger partial charge in [0.2, 0.25) is 17.7 Å². The van der Waals surface area contributed by atoms with Crippen LogP contribution >= 0.6 is 0 Å². The quantitative estimate of drug-likeness (QED) is 0.614. The van der Waals surface area contributed by atoms with E-state index < -0.39 is 17.0 Å². The molecule has 0 aromatic carbocycles. The lowest BCUT2D eigenvalue weighted by Gasteiger charge is -2.38. The highest BCUT2D eigenvalue weighted by molar-refractivity contribution is 6.03. The molecule has 8 nitrogen and oxygen atoms in total. The monoisotopic (exact) mass is 387 g/mol. The summed E-state index contributed by atoms with van der Waals surface area (Å²) in [5.74, 6) is -0.895. The second-order valence-electron chi connectivity index (χ2n) is 8.39. The largest absolute Gasteiger partial charge is 0.456 e. The number of aromatic nitrogens is 1. The molecule has 1 aromatic heterocycles. The molecular formula is C20H25N3O5. The van der Waals surface area contributed by atoms with Gasteiger partial charge in [-0.25, -0.2) is 9.78 Å². The van der Waals surface area contributed by atoms with E-state index in [-0.39, 0.29) is 24.1 Å². The van der Waals surface area contributed by atoms with Crippen molar-refractivity contribution in [2.45, 2.75) is 58.5 Å². The van der Waals surface area contributed by atoms with Crippen LogP contribution in [-0.4, -0.2) is 40.8 Å². The molecule has 2 aliphatic heterocycles. The van der Waals surface area contributed by atoms with Gasteiger partial charge in [-0.15, -0.1) is 0 Å². The maximum Gasteiger partial charge on any atom is 0.340 e. The van der Waals surface area contributed by atoms with Gasteiger partial charge in [-0.05, 0) is 52.2 Å². The molecule has 8 heteroatoms. The van der Waals surface area contributed by atoms with Crippen molar-refractivity contribution in [2.24, 2.45) is 5.41 Å². The predicted molar refractivity (Wildman–Crippen MR) is 100 cm³/mol. The number of pyridine rings is 1. The van der Waals surface area contributed by atoms with E-state index in [0.717, 1.165) is 0 Å². The maximum atomic E-state index is 12.7. The van der Waals surface area contributed by atoms with Crippen LogP contribution in [0.2, 0.25) is 0 Å². The molecule has 1 N–H and O–H groups in total. The van der Waals surface area contributed by atoms with Gasteiger partial charge in [0.15, 0.2) is 0 Å². The summed E-state index contributed by atoms with van der Waals surface area (Å²) in [7, 11) is 0. The summed E-state index contributed by atoms with van der Waals surface area (Å²) >= 11 is 0. The number of carbonyl (C=O) groups is 4. The fraction of sp³-hybridized carbons (Fsp3) is 0.550. The van der Waals surface area contributed by atoms with Crippen LogP contribution in [0, 0.1) is 5.41 Å². The van der Waals surface area contributed by atoms with Crippen molar-refractivity contribution < 1.29 is 23.9 Å². The number of ether oxygens (including phenoxy) is 1. The molecule has 3 amide bonds. The summed E-state index contributed by atoms with van der Waals surface area (Å²) in [6.45, 7) is 5.68. The van der Waals surface area contributed by atoms with Gasteiger partial charge < -0.3 is 4.74 Å². The van der Waals surface area contributed by atoms with Crippen molar-refractivity contribution in [3.8, 4) is 0 Å². The third-order valence-corrected chi connectivity index (χ3v) is 5.06. The molecule has 1 aromatic rings. The molecule has 3 heterocycles. The van der Waals surface area contributed by atoms with Crippen molar-refractivity contribution in [2.75, 3.05) is 11.4 Å². The first kappa shape index (κ1) is 20.0. The Labute approximate surface area is 163 Å². The van der Waals surface area contributed by atoms with Crippen molar-refractivity contribution in [1.29, 1.82) is 0 Å². The first-order valence-corrected chi connectivity index (χ1v) is 9.44. The van der Waals surface area contributed by atoms with E-state index in [1.165, 1.54) is 11.1 Å². The molecule has 2 saturated heterocycles. The molecule has 0 saturated carbocycles. The summed E-state index contributed by atoms with van der Waals surface area (Å²) < 4.78 is 5.31. The lowest BCUT2D eigenvalue weighted by Crippen LogP contribution is -2.51. The van der Waals surface area contributed by atoms with Gasteiger partial charge in [0.1, 0.15) is 11.4 Å². The highest BCUT2D eigenvalue weighted by atomic mass is 16.6. The minimum absolute atomic E-state index is 0.0433. The molecule has 1 unspecified atom stereocenters. The van der Waals surface area contributed by atoms with Crippen molar-refractivity contribution in [3.05, 3.63) is 23.9 Å². The van der Waals surface area contributed by atoms with Crippen LogP contribution < -0.4 is 10.2 Å². The second-order valence-corrected chi connectivity index (χ2v) is 8.39. The number of esters is 1. The number of amides is 3. The number of nitrogens with one attached hydrogen (secondary N) is 1. The van der Waals surface area contributed by atoms with E-state index in [0.29, 0.717) is 43.6 Å². The number of carbonyl (C=O) groups excluding carboxylic acids is 4. The molecule has 2 aliphatic rings. The van der Waals surface area contributed by atoms with E-state index in [1.807, 2.05) is 0 Å². The van der Waals surface area contributed by atoms with E-state index in [1.54, 1.807) is 32.9 Å². The fourth-order valence-corrected chi connectivity index (χ4v) is 3.60. The number of anilines is 1. The van der Waals surface area contributed by atoms with Gasteiger partial charge >= 0.3 is 5.97 Å². The summed E-state index contributed by atoms with van der Waals surface area (Å²) in [6, 6.07) is 3.18. The number of hydrogen-bond acceptors (Lipinski definition) is 6. The topological polar surface area (TPSA) is 106 Å². The van der Waals surface area contributed by atoms with E-state index >= 15 is 0 Å². The molecule has 28 heavy (non-hydrogen) atoms. The smallest absolute Gasteiger partial charge is 0.340 e. The van der Waals surface area contributed by atoms with Crippen molar-refractivity contribution in [1.82, 2.24) is 10.3 Å². The van der Waals surface area contributed by atoms with E-state index in [2.05, 4.69) is 10.3 Å². The summed E-state index contributed by atoms with van der Waals surface area (Å²) in [5.41, 5.74) is -1.12. The van der Waals surface area contributed by atoms with Crippen LogP contribution in [0.25, 0.3) is 0 Å². The number of hydrogen-bond donors (Lipinski definition) is 1. The average Bonchev–Trinajstić information content (AvgIpc) is 2.72. The number of rotatable bonds is 2. The average molecular weight is 387 g/mol. The maximum absolute atomic E-state index is 12.7. The van der Waals surface area contributed by atoms with Crippen LogP contribution in [0.1, 0.15) is 63.2 Å². The molecular weight excluding hydrogens is 362 g/mol. The van der Waals surface area contributed by atoms with Gasteiger partial charge in [0.25, 0.3) is 0 Å². The molecule has 3 rings (SSSR count). The minimum atomic E-state index is -0.823. The molecule has 0 radical (unpaired) electrons. The molecule has 1 atom stereocenters. The zero-order valence-corrected chi connectivity index (χ0v) is 16.4. The highest BCUT2D eigenvalue weighted by Gasteiger charge is 2.46. The Morgan fingerprint density at radius 2 is 1.96 bits per heavy atom. The Balaban J connectivity index is 1.71. The molecule has 0 bridgehead atoms. The lowest BCUT2D eigenvalue weighted by molar-refractivity contribution is -0.140. The summed E-state index contributed by atoms with van der Waals surface area (Å²) in [6.07, 6.45) is 3.31. The Hall–Kier alpha value is -2.77. The highest BCUT2D eigenvalue weighted by Crippen LogP contribution is 2.39. The standard InChI is InChI=1S/C20H25N3O5/c1-19(2,3)28-17(26)13-6-7-14(21-12-13)23-10-9-20(11-16(23)25)8-4-5-15(24)22-18(20)27/h6-7,12H,4-5,8-11H2,1-3H3,(H,22,24,27). The van der Waals surface area contributed by atoms with E-state index in [9.17, 15) is 19.2 Å². The molecule has 1 spiro atoms. The zero-order chi connectivity index (χ0) is 20.5. The van der Waals surface area contributed by atoms with Crippen LogP contribution in [0.3, 0.4) is 0 Å². The first-order valence-electron chi connectivity index (χ1n) is 9.44. The van der Waals surface area contributed by atoms with Crippen LogP contribution in [0.4, 0.5) is 5.82 Å². The minimum Gasteiger partial charge on any atom is -0.456 e. The Bertz CT molecular complexity index is 812. The van der Waals surface area contributed by atoms with Crippen LogP contribution in [0.15, 0.2) is 18.3 Å². The second kappa shape index (κ2) is 7.33. The summed E-state index contributed by atoms with van der Waals surface area (Å²) in [5, 5.41) is 2.40. The fourth-order valence-electron chi connectivity index (χ4n) is 3.60. The first-order chi connectivity index (χ1) is 13.1. The zero-order valence-electron chi connectivity index (χ0n) is 16.4. The molecule has 150 valence electrons. The summed E-state index contributed by atoms with van der Waals surface area (Å²) in [4.78, 5) is 54.6.